The number of hydrogen-bond donors (Lipinski definition) is 4. The summed E-state index contributed by atoms with van der Waals surface area (Å²) in [6.45, 7) is 5.28. The van der Waals surface area contributed by atoms with Crippen molar-refractivity contribution in [2.75, 3.05) is 36.9 Å². The summed E-state index contributed by atoms with van der Waals surface area (Å²) in [6.07, 6.45) is 3.39. The molecule has 1 aliphatic heterocycles. The van der Waals surface area contributed by atoms with Crippen LogP contribution in [0, 0.1) is 11.3 Å². The number of likely N-dealkylation sites (tertiary alicyclic amines) is 1. The highest BCUT2D eigenvalue weighted by molar-refractivity contribution is 7.07. The third-order valence-corrected chi connectivity index (χ3v) is 6.82. The number of nitrogens with zero attached hydrogens (tertiary/aromatic N) is 3. The molecule has 10 nitrogen and oxygen atoms in total. The maximum atomic E-state index is 12.8. The minimum atomic E-state index is -0.513. The molecule has 2 heterocycles. The van der Waals surface area contributed by atoms with Crippen molar-refractivity contribution in [2.24, 2.45) is 0 Å². The Bertz CT molecular complexity index is 1290. The van der Waals surface area contributed by atoms with Crippen LogP contribution in [0.3, 0.4) is 0 Å². The summed E-state index contributed by atoms with van der Waals surface area (Å²) in [6, 6.07) is 9.03. The average molecular weight is 499 g/mol. The Hall–Kier alpha value is -3.46. The minimum Gasteiger partial charge on any atom is -0.395 e. The lowest BCUT2D eigenvalue weighted by Crippen LogP contribution is -2.38. The highest BCUT2D eigenvalue weighted by Gasteiger charge is 2.25. The summed E-state index contributed by atoms with van der Waals surface area (Å²) in [5.74, 6) is -0.675. The molecule has 1 atom stereocenters. The van der Waals surface area contributed by atoms with E-state index in [1.807, 2.05) is 11.0 Å². The second-order valence-corrected chi connectivity index (χ2v) is 9.06. The average Bonchev–Trinajstić information content (AvgIpc) is 3.41. The zero-order chi connectivity index (χ0) is 25.4. The molecule has 11 heteroatoms. The molecule has 1 saturated heterocycles. The van der Waals surface area contributed by atoms with Gasteiger partial charge in [-0.1, -0.05) is 6.07 Å². The van der Waals surface area contributed by atoms with Crippen LogP contribution in [0.2, 0.25) is 0 Å². The van der Waals surface area contributed by atoms with Gasteiger partial charge in [0, 0.05) is 36.7 Å². The van der Waals surface area contributed by atoms with Crippen LogP contribution in [0.25, 0.3) is 11.8 Å². The number of nitrogens with one attached hydrogen (secondary N) is 3. The van der Waals surface area contributed by atoms with Gasteiger partial charge in [0.05, 0.1) is 13.2 Å². The fourth-order valence-electron chi connectivity index (χ4n) is 3.97. The molecule has 186 valence electrons. The third kappa shape index (κ3) is 6.36. The predicted molar refractivity (Wildman–Crippen MR) is 136 cm³/mol. The van der Waals surface area contributed by atoms with Crippen LogP contribution in [-0.4, -0.2) is 58.7 Å². The van der Waals surface area contributed by atoms with Crippen molar-refractivity contribution < 1.29 is 14.7 Å². The van der Waals surface area contributed by atoms with Gasteiger partial charge in [-0.2, -0.15) is 5.26 Å². The SMILES string of the molecule is CCNC(=O)/C(C#N)=c1\s/c(=C/Nc2cccc(NC(=O)CN3CCC[C@H]3CO)c2)c(=O)n1CC. The number of anilines is 2. The Morgan fingerprint density at radius 2 is 2.09 bits per heavy atom. The highest BCUT2D eigenvalue weighted by atomic mass is 32.1. The maximum absolute atomic E-state index is 12.8. The van der Waals surface area contributed by atoms with E-state index in [4.69, 9.17) is 0 Å². The number of aliphatic hydroxyl groups excluding tert-OH is 1. The molecule has 0 saturated carbocycles. The Morgan fingerprint density at radius 3 is 2.77 bits per heavy atom. The fourth-order valence-corrected chi connectivity index (χ4v) is 5.05. The van der Waals surface area contributed by atoms with Crippen molar-refractivity contribution in [1.82, 2.24) is 14.8 Å². The molecule has 0 aliphatic carbocycles. The zero-order valence-corrected chi connectivity index (χ0v) is 20.7. The summed E-state index contributed by atoms with van der Waals surface area (Å²) in [5, 5.41) is 27.5. The molecule has 35 heavy (non-hydrogen) atoms. The van der Waals surface area contributed by atoms with Gasteiger partial charge >= 0.3 is 0 Å². The first kappa shape index (κ1) is 26.2. The lowest BCUT2D eigenvalue weighted by Gasteiger charge is -2.21. The van der Waals surface area contributed by atoms with E-state index in [2.05, 4.69) is 16.0 Å². The van der Waals surface area contributed by atoms with Gasteiger partial charge in [-0.25, -0.2) is 0 Å². The van der Waals surface area contributed by atoms with Gasteiger partial charge < -0.3 is 21.1 Å². The van der Waals surface area contributed by atoms with Gasteiger partial charge in [0.25, 0.3) is 11.5 Å². The highest BCUT2D eigenvalue weighted by Crippen LogP contribution is 2.18. The maximum Gasteiger partial charge on any atom is 0.270 e. The molecule has 0 unspecified atom stereocenters. The van der Waals surface area contributed by atoms with Crippen LogP contribution < -0.4 is 30.7 Å². The number of carbonyl (C=O) groups is 2. The van der Waals surface area contributed by atoms with Crippen LogP contribution in [-0.2, 0) is 16.1 Å². The third-order valence-electron chi connectivity index (χ3n) is 5.69. The topological polar surface area (TPSA) is 139 Å². The van der Waals surface area contributed by atoms with Gasteiger partial charge in [-0.15, -0.1) is 11.3 Å². The molecule has 1 aromatic heterocycles. The van der Waals surface area contributed by atoms with E-state index in [1.54, 1.807) is 38.1 Å². The van der Waals surface area contributed by atoms with E-state index in [0.29, 0.717) is 33.7 Å². The summed E-state index contributed by atoms with van der Waals surface area (Å²) in [7, 11) is 0. The molecule has 1 aromatic carbocycles. The Kier molecular flexibility index (Phi) is 9.19. The predicted octanol–water partition coefficient (Wildman–Crippen LogP) is -0.0146. The number of carbonyl (C=O) groups excluding carboxylic acids is 2. The fraction of sp³-hybridized carbons (Fsp3) is 0.417. The van der Waals surface area contributed by atoms with E-state index in [1.165, 1.54) is 10.8 Å². The number of amides is 2. The van der Waals surface area contributed by atoms with Crippen molar-refractivity contribution in [3.63, 3.8) is 0 Å². The van der Waals surface area contributed by atoms with Crippen molar-refractivity contribution in [1.29, 1.82) is 5.26 Å². The number of hydrogen-bond acceptors (Lipinski definition) is 8. The summed E-state index contributed by atoms with van der Waals surface area (Å²) < 4.78 is 2.06. The largest absolute Gasteiger partial charge is 0.395 e. The summed E-state index contributed by atoms with van der Waals surface area (Å²) in [5.41, 5.74) is 0.859. The number of benzene rings is 1. The van der Waals surface area contributed by atoms with E-state index in [0.717, 1.165) is 30.7 Å². The lowest BCUT2D eigenvalue weighted by molar-refractivity contribution is -0.117. The molecule has 3 rings (SSSR count). The van der Waals surface area contributed by atoms with Gasteiger partial charge in [-0.3, -0.25) is 23.9 Å². The molecular formula is C24H30N6O4S. The van der Waals surface area contributed by atoms with E-state index in [9.17, 15) is 24.8 Å². The van der Waals surface area contributed by atoms with Gasteiger partial charge in [0.15, 0.2) is 5.57 Å². The van der Waals surface area contributed by atoms with Crippen molar-refractivity contribution in [2.45, 2.75) is 39.3 Å². The van der Waals surface area contributed by atoms with Crippen LogP contribution in [0.1, 0.15) is 26.7 Å². The van der Waals surface area contributed by atoms with Crippen LogP contribution in [0.5, 0.6) is 0 Å². The lowest BCUT2D eigenvalue weighted by atomic mass is 10.2. The molecule has 4 N–H and O–H groups in total. The Morgan fingerprint density at radius 1 is 1.31 bits per heavy atom. The smallest absolute Gasteiger partial charge is 0.270 e. The van der Waals surface area contributed by atoms with Crippen LogP contribution >= 0.6 is 11.3 Å². The first-order valence-electron chi connectivity index (χ1n) is 11.6. The first-order chi connectivity index (χ1) is 16.9. The number of nitriles is 1. The monoisotopic (exact) mass is 498 g/mol. The van der Waals surface area contributed by atoms with Gasteiger partial charge in [0.1, 0.15) is 15.3 Å². The number of aromatic nitrogens is 1. The molecule has 2 amide bonds. The van der Waals surface area contributed by atoms with Crippen LogP contribution in [0.15, 0.2) is 29.1 Å². The molecule has 1 aliphatic rings. The van der Waals surface area contributed by atoms with E-state index in [-0.39, 0.29) is 36.2 Å². The Labute approximate surface area is 207 Å². The Balaban J connectivity index is 1.80. The minimum absolute atomic E-state index is 0.0260. The molecule has 0 bridgehead atoms. The molecule has 0 spiro atoms. The van der Waals surface area contributed by atoms with Crippen molar-refractivity contribution in [3.8, 4) is 6.07 Å². The van der Waals surface area contributed by atoms with E-state index >= 15 is 0 Å². The molecule has 0 radical (unpaired) electrons. The second kappa shape index (κ2) is 12.3. The number of rotatable bonds is 9. The summed E-state index contributed by atoms with van der Waals surface area (Å²) in [4.78, 5) is 39.5. The number of thiazole rings is 1. The van der Waals surface area contributed by atoms with Crippen molar-refractivity contribution >= 4 is 46.3 Å². The van der Waals surface area contributed by atoms with Crippen LogP contribution in [0.4, 0.5) is 11.4 Å². The van der Waals surface area contributed by atoms with Gasteiger partial charge in [-0.05, 0) is 51.4 Å². The first-order valence-corrected chi connectivity index (χ1v) is 12.4. The van der Waals surface area contributed by atoms with Crippen molar-refractivity contribution in [3.05, 3.63) is 43.8 Å². The standard InChI is InChI=1S/C24H30N6O4S/c1-3-26-22(33)19(12-25)24-30(4-2)23(34)20(35-24)13-27-16-7-5-8-17(11-16)28-21(32)14-29-10-6-9-18(29)15-31/h5,7-8,11,13,18,27,31H,3-4,6,9-10,14-15H2,1-2H3,(H,26,33)(H,28,32)/b20-13+,24-19-/t18-/m0/s1. The second-order valence-electron chi connectivity index (χ2n) is 8.03. The quantitative estimate of drug-likeness (QED) is 0.381. The zero-order valence-electron chi connectivity index (χ0n) is 19.8. The van der Waals surface area contributed by atoms with E-state index < -0.39 is 5.91 Å². The molecule has 2 aromatic rings. The molecule has 1 fully saturated rings. The summed E-state index contributed by atoms with van der Waals surface area (Å²) >= 11 is 1.07. The van der Waals surface area contributed by atoms with Gasteiger partial charge in [0.2, 0.25) is 5.91 Å². The normalized spacial score (nSPS) is 17.1. The number of aliphatic hydroxyl groups is 1. The molecular weight excluding hydrogens is 468 g/mol.